The van der Waals surface area contributed by atoms with Gasteiger partial charge in [-0.3, -0.25) is 15.1 Å². The highest BCUT2D eigenvalue weighted by Gasteiger charge is 2.46. The number of ether oxygens (including phenoxy) is 1. The van der Waals surface area contributed by atoms with E-state index in [9.17, 15) is 28.9 Å². The number of amides is 3. The second kappa shape index (κ2) is 20.1. The third-order valence-electron chi connectivity index (χ3n) is 11.2. The second-order valence-corrected chi connectivity index (χ2v) is 15.2. The van der Waals surface area contributed by atoms with Crippen molar-refractivity contribution in [3.05, 3.63) is 107 Å². The lowest BCUT2D eigenvalue weighted by Crippen LogP contribution is -2.58. The molecule has 0 bridgehead atoms. The highest BCUT2D eigenvalue weighted by atomic mass is 35.5. The first-order valence-corrected chi connectivity index (χ1v) is 19.3. The number of rotatable bonds is 10. The van der Waals surface area contributed by atoms with Crippen LogP contribution < -0.4 is 10.7 Å². The van der Waals surface area contributed by atoms with Crippen LogP contribution in [0.5, 0.6) is 0 Å². The van der Waals surface area contributed by atoms with Crippen molar-refractivity contribution in [2.24, 2.45) is 0 Å². The van der Waals surface area contributed by atoms with Crippen molar-refractivity contribution < 1.29 is 23.1 Å². The second-order valence-electron chi connectivity index (χ2n) is 15.2. The van der Waals surface area contributed by atoms with Crippen LogP contribution in [0.4, 0.5) is 13.6 Å². The van der Waals surface area contributed by atoms with Crippen molar-refractivity contribution in [3.8, 4) is 12.1 Å². The zero-order valence-corrected chi connectivity index (χ0v) is 33.4. The predicted molar refractivity (Wildman–Crippen MR) is 213 cm³/mol. The standard InChI is InChI=1S/C28H32F2N4O3.C15H21N3.ClH/c1-27(2)25(20-9-10-22(29)23(30)17-20)34(24(35)18-37-27)26(36)32-13-6-14-33-15-11-28(19-31,12-16-33)21-7-4-3-5-8-21;1-2-10-17-18-11-8-15(13-16,9-12-18)14-6-4-3-5-7-14;/h3-5,7-10,17,25H,6,11-16,18H2,1-2H3,(H,32,36);3-7,17H,2,8-12H2,1H3;1H. The molecule has 6 rings (SSSR count). The van der Waals surface area contributed by atoms with Gasteiger partial charge in [-0.05, 0) is 101 Å². The van der Waals surface area contributed by atoms with E-state index in [1.807, 2.05) is 48.5 Å². The molecule has 10 nitrogen and oxygen atoms in total. The summed E-state index contributed by atoms with van der Waals surface area (Å²) in [4.78, 5) is 29.1. The largest absolute Gasteiger partial charge is 0.363 e. The number of likely N-dealkylation sites (tertiary alicyclic amines) is 1. The van der Waals surface area contributed by atoms with Crippen LogP contribution in [-0.4, -0.2) is 84.8 Å². The monoisotopic (exact) mass is 789 g/mol. The van der Waals surface area contributed by atoms with Gasteiger partial charge in [0.2, 0.25) is 0 Å². The number of carbonyl (C=O) groups excluding carboxylic acids is 2. The zero-order valence-electron chi connectivity index (χ0n) is 32.6. The van der Waals surface area contributed by atoms with Crippen molar-refractivity contribution >= 4 is 24.3 Å². The minimum absolute atomic E-state index is 0. The number of hydrazine groups is 1. The van der Waals surface area contributed by atoms with Crippen molar-refractivity contribution in [2.45, 2.75) is 81.8 Å². The maximum absolute atomic E-state index is 14.0. The van der Waals surface area contributed by atoms with Gasteiger partial charge in [0.05, 0.1) is 34.6 Å². The fraction of sp³-hybridized carbons (Fsp3) is 0.488. The van der Waals surface area contributed by atoms with Crippen LogP contribution in [0.3, 0.4) is 0 Å². The Hall–Kier alpha value is -4.43. The number of urea groups is 1. The van der Waals surface area contributed by atoms with Gasteiger partial charge in [-0.1, -0.05) is 73.7 Å². The summed E-state index contributed by atoms with van der Waals surface area (Å²) in [7, 11) is 0. The van der Waals surface area contributed by atoms with Crippen LogP contribution in [0.1, 0.15) is 82.0 Å². The Kier molecular flexibility index (Phi) is 15.9. The zero-order chi connectivity index (χ0) is 39.5. The van der Waals surface area contributed by atoms with Gasteiger partial charge in [0.15, 0.2) is 11.6 Å². The molecule has 3 aromatic carbocycles. The molecule has 1 atom stereocenters. The SMILES string of the molecule is CC1(C)OCC(=O)N(C(=O)NCCCN2CCC(C#N)(c3ccccc3)CC2)C1c1ccc(F)c(F)c1.CCCNN1CCC(C#N)(c2ccccc2)CC1.Cl. The molecule has 0 aromatic heterocycles. The molecule has 3 aromatic rings. The number of halogens is 3. The molecule has 2 N–H and O–H groups in total. The van der Waals surface area contributed by atoms with Gasteiger partial charge in [0.1, 0.15) is 6.61 Å². The molecule has 3 fully saturated rings. The molecule has 0 aliphatic carbocycles. The molecule has 300 valence electrons. The van der Waals surface area contributed by atoms with E-state index in [4.69, 9.17) is 4.74 Å². The number of imide groups is 1. The lowest BCUT2D eigenvalue weighted by Gasteiger charge is -2.44. The molecule has 56 heavy (non-hydrogen) atoms. The third-order valence-corrected chi connectivity index (χ3v) is 11.2. The summed E-state index contributed by atoms with van der Waals surface area (Å²) in [5.74, 6) is -2.61. The summed E-state index contributed by atoms with van der Waals surface area (Å²) in [6.07, 6.45) is 5.10. The van der Waals surface area contributed by atoms with Gasteiger partial charge < -0.3 is 15.0 Å². The molecule has 0 saturated carbocycles. The van der Waals surface area contributed by atoms with E-state index in [0.29, 0.717) is 13.0 Å². The van der Waals surface area contributed by atoms with Crippen LogP contribution >= 0.6 is 12.4 Å². The van der Waals surface area contributed by atoms with Gasteiger partial charge in [-0.25, -0.2) is 18.6 Å². The van der Waals surface area contributed by atoms with Gasteiger partial charge >= 0.3 is 6.03 Å². The van der Waals surface area contributed by atoms with Gasteiger partial charge in [0.25, 0.3) is 5.91 Å². The number of hydrogen-bond acceptors (Lipinski definition) is 8. The summed E-state index contributed by atoms with van der Waals surface area (Å²) in [6, 6.07) is 27.0. The van der Waals surface area contributed by atoms with Gasteiger partial charge in [0, 0.05) is 26.2 Å². The molecule has 1 unspecified atom stereocenters. The molecular weight excluding hydrogens is 736 g/mol. The number of morpholine rings is 1. The summed E-state index contributed by atoms with van der Waals surface area (Å²) in [5, 5.41) is 24.5. The summed E-state index contributed by atoms with van der Waals surface area (Å²) in [5.41, 5.74) is 4.16. The average molecular weight is 790 g/mol. The van der Waals surface area contributed by atoms with E-state index in [0.717, 1.165) is 94.0 Å². The maximum Gasteiger partial charge on any atom is 0.324 e. The number of nitrogens with one attached hydrogen (secondary N) is 2. The molecule has 0 radical (unpaired) electrons. The highest BCUT2D eigenvalue weighted by molar-refractivity contribution is 5.96. The number of carbonyl (C=O) groups is 2. The molecular formula is C43H54ClF2N7O3. The first-order valence-electron chi connectivity index (χ1n) is 19.3. The topological polar surface area (TPSA) is 125 Å². The quantitative estimate of drug-likeness (QED) is 0.207. The van der Waals surface area contributed by atoms with E-state index in [1.165, 1.54) is 11.6 Å². The van der Waals surface area contributed by atoms with Crippen molar-refractivity contribution in [3.63, 3.8) is 0 Å². The average Bonchev–Trinajstić information content (AvgIpc) is 3.22. The van der Waals surface area contributed by atoms with Crippen LogP contribution in [0.2, 0.25) is 0 Å². The van der Waals surface area contributed by atoms with E-state index in [1.54, 1.807) is 13.8 Å². The number of benzene rings is 3. The number of piperidine rings is 2. The van der Waals surface area contributed by atoms with Gasteiger partial charge in [-0.2, -0.15) is 10.5 Å². The fourth-order valence-corrected chi connectivity index (χ4v) is 7.82. The lowest BCUT2D eigenvalue weighted by molar-refractivity contribution is -0.165. The van der Waals surface area contributed by atoms with E-state index in [-0.39, 0.29) is 30.0 Å². The molecule has 3 saturated heterocycles. The minimum Gasteiger partial charge on any atom is -0.363 e. The highest BCUT2D eigenvalue weighted by Crippen LogP contribution is 2.39. The van der Waals surface area contributed by atoms with Crippen molar-refractivity contribution in [2.75, 3.05) is 52.4 Å². The van der Waals surface area contributed by atoms with Crippen LogP contribution in [0.25, 0.3) is 0 Å². The molecule has 3 amide bonds. The number of nitrogens with zero attached hydrogens (tertiary/aromatic N) is 5. The Morgan fingerprint density at radius 3 is 1.91 bits per heavy atom. The molecule has 3 heterocycles. The number of nitriles is 2. The Labute approximate surface area is 336 Å². The normalized spacial score (nSPS) is 20.3. The van der Waals surface area contributed by atoms with Crippen molar-refractivity contribution in [1.29, 1.82) is 10.5 Å². The predicted octanol–water partition coefficient (Wildman–Crippen LogP) is 7.18. The summed E-state index contributed by atoms with van der Waals surface area (Å²) >= 11 is 0. The van der Waals surface area contributed by atoms with Crippen LogP contribution in [0.15, 0.2) is 78.9 Å². The van der Waals surface area contributed by atoms with Crippen LogP contribution in [-0.2, 0) is 20.4 Å². The third kappa shape index (κ3) is 10.5. The summed E-state index contributed by atoms with van der Waals surface area (Å²) in [6.45, 7) is 10.9. The Morgan fingerprint density at radius 1 is 0.839 bits per heavy atom. The number of hydrogen-bond donors (Lipinski definition) is 2. The van der Waals surface area contributed by atoms with Crippen molar-refractivity contribution in [1.82, 2.24) is 25.6 Å². The first kappa shape index (κ1) is 44.3. The molecule has 3 aliphatic rings. The van der Waals surface area contributed by atoms with Crippen LogP contribution in [0, 0.1) is 34.3 Å². The van der Waals surface area contributed by atoms with E-state index < -0.39 is 40.6 Å². The lowest BCUT2D eigenvalue weighted by atomic mass is 9.74. The molecule has 3 aliphatic heterocycles. The van der Waals surface area contributed by atoms with E-state index >= 15 is 0 Å². The van der Waals surface area contributed by atoms with Gasteiger partial charge in [-0.15, -0.1) is 12.4 Å². The Morgan fingerprint density at radius 2 is 1.39 bits per heavy atom. The minimum atomic E-state index is -1.05. The Bertz CT molecular complexity index is 1820. The first-order chi connectivity index (χ1) is 26.5. The van der Waals surface area contributed by atoms with E-state index in [2.05, 4.69) is 51.8 Å². The Balaban J connectivity index is 0.000000307. The smallest absolute Gasteiger partial charge is 0.324 e. The summed E-state index contributed by atoms with van der Waals surface area (Å²) < 4.78 is 33.1. The molecule has 13 heteroatoms. The molecule has 0 spiro atoms. The maximum atomic E-state index is 14.0. The fourth-order valence-electron chi connectivity index (χ4n) is 7.82.